The van der Waals surface area contributed by atoms with E-state index in [1.165, 1.54) is 10.6 Å². The molecule has 1 aliphatic heterocycles. The highest BCUT2D eigenvalue weighted by Gasteiger charge is 2.24. The summed E-state index contributed by atoms with van der Waals surface area (Å²) in [7, 11) is 1.61. The van der Waals surface area contributed by atoms with E-state index in [2.05, 4.69) is 5.32 Å². The number of fused-ring (bicyclic) bond motifs is 1. The average Bonchev–Trinajstić information content (AvgIpc) is 2.42. The second kappa shape index (κ2) is 3.18. The number of aromatic nitrogens is 2. The lowest BCUT2D eigenvalue weighted by Gasteiger charge is -2.28. The lowest BCUT2D eigenvalue weighted by Crippen LogP contribution is -2.46. The van der Waals surface area contributed by atoms with E-state index in [-0.39, 0.29) is 17.5 Å². The minimum Gasteiger partial charge on any atom is -0.313 e. The molecule has 0 aliphatic carbocycles. The van der Waals surface area contributed by atoms with Crippen LogP contribution in [0.3, 0.4) is 0 Å². The molecule has 1 aromatic heterocycles. The molecule has 1 aromatic carbocycles. The fraction of sp³-hybridized carbons (Fsp3) is 0.364. The van der Waals surface area contributed by atoms with Crippen molar-refractivity contribution >= 4 is 11.0 Å². The molecule has 0 unspecified atom stereocenters. The predicted molar refractivity (Wildman–Crippen MR) is 59.0 cm³/mol. The molecule has 0 spiro atoms. The molecule has 1 saturated heterocycles. The number of aryl methyl sites for hydroxylation is 1. The van der Waals surface area contributed by atoms with Crippen LogP contribution in [0.4, 0.5) is 4.39 Å². The highest BCUT2D eigenvalue weighted by atomic mass is 19.1. The summed E-state index contributed by atoms with van der Waals surface area (Å²) < 4.78 is 16.7. The van der Waals surface area contributed by atoms with Gasteiger partial charge in [-0.3, -0.25) is 9.13 Å². The third kappa shape index (κ3) is 1.09. The monoisotopic (exact) mass is 221 g/mol. The molecule has 0 saturated carbocycles. The standard InChI is InChI=1S/C11H12FN3O/c1-14-10-8(12)3-2-4-9(10)15(11(14)16)7-5-13-6-7/h2-4,7,13H,5-6H2,1H3. The Morgan fingerprint density at radius 1 is 1.44 bits per heavy atom. The summed E-state index contributed by atoms with van der Waals surface area (Å²) >= 11 is 0. The fourth-order valence-electron chi connectivity index (χ4n) is 2.20. The van der Waals surface area contributed by atoms with Crippen molar-refractivity contribution in [1.29, 1.82) is 0 Å². The van der Waals surface area contributed by atoms with Crippen LogP contribution in [0.2, 0.25) is 0 Å². The smallest absolute Gasteiger partial charge is 0.313 e. The van der Waals surface area contributed by atoms with Crippen LogP contribution in [0.1, 0.15) is 6.04 Å². The third-order valence-corrected chi connectivity index (χ3v) is 3.18. The second-order valence-corrected chi connectivity index (χ2v) is 4.13. The van der Waals surface area contributed by atoms with Crippen LogP contribution in [-0.2, 0) is 7.05 Å². The van der Waals surface area contributed by atoms with Gasteiger partial charge in [-0.1, -0.05) is 6.07 Å². The molecule has 4 nitrogen and oxygen atoms in total. The van der Waals surface area contributed by atoms with Crippen molar-refractivity contribution < 1.29 is 4.39 Å². The summed E-state index contributed by atoms with van der Waals surface area (Å²) in [6, 6.07) is 4.96. The fourth-order valence-corrected chi connectivity index (χ4v) is 2.20. The van der Waals surface area contributed by atoms with Crippen molar-refractivity contribution in [2.75, 3.05) is 13.1 Å². The Morgan fingerprint density at radius 3 is 2.81 bits per heavy atom. The highest BCUT2D eigenvalue weighted by Crippen LogP contribution is 2.20. The van der Waals surface area contributed by atoms with Gasteiger partial charge in [-0.15, -0.1) is 0 Å². The zero-order valence-electron chi connectivity index (χ0n) is 8.90. The van der Waals surface area contributed by atoms with Crippen molar-refractivity contribution in [2.24, 2.45) is 7.05 Å². The maximum Gasteiger partial charge on any atom is 0.329 e. The Labute approximate surface area is 91.3 Å². The number of hydrogen-bond donors (Lipinski definition) is 1. The number of para-hydroxylation sites is 1. The molecule has 0 amide bonds. The third-order valence-electron chi connectivity index (χ3n) is 3.18. The lowest BCUT2D eigenvalue weighted by atomic mass is 10.1. The van der Waals surface area contributed by atoms with Gasteiger partial charge in [-0.25, -0.2) is 9.18 Å². The summed E-state index contributed by atoms with van der Waals surface area (Å²) in [4.78, 5) is 12.0. The molecule has 5 heteroatoms. The summed E-state index contributed by atoms with van der Waals surface area (Å²) in [5.41, 5.74) is 0.921. The number of nitrogens with zero attached hydrogens (tertiary/aromatic N) is 2. The van der Waals surface area contributed by atoms with E-state index in [1.54, 1.807) is 23.7 Å². The Balaban J connectivity index is 2.39. The number of hydrogen-bond acceptors (Lipinski definition) is 2. The van der Waals surface area contributed by atoms with Crippen molar-refractivity contribution in [3.8, 4) is 0 Å². The first kappa shape index (κ1) is 9.59. The summed E-state index contributed by atoms with van der Waals surface area (Å²) in [5, 5.41) is 3.11. The zero-order chi connectivity index (χ0) is 11.3. The van der Waals surface area contributed by atoms with Crippen LogP contribution < -0.4 is 11.0 Å². The molecule has 2 heterocycles. The minimum atomic E-state index is -0.344. The van der Waals surface area contributed by atoms with Gasteiger partial charge in [-0.2, -0.15) is 0 Å². The molecule has 0 bridgehead atoms. The average molecular weight is 221 g/mol. The van der Waals surface area contributed by atoms with E-state index in [0.29, 0.717) is 11.0 Å². The SMILES string of the molecule is Cn1c(=O)n(C2CNC2)c2cccc(F)c21. The normalized spacial score (nSPS) is 16.6. The highest BCUT2D eigenvalue weighted by molar-refractivity contribution is 5.76. The molecule has 84 valence electrons. The molecule has 3 rings (SSSR count). The molecule has 1 fully saturated rings. The van der Waals surface area contributed by atoms with E-state index in [4.69, 9.17) is 0 Å². The first-order chi connectivity index (χ1) is 7.70. The lowest BCUT2D eigenvalue weighted by molar-refractivity contribution is 0.341. The maximum absolute atomic E-state index is 13.6. The summed E-state index contributed by atoms with van der Waals surface area (Å²) in [6.45, 7) is 1.55. The van der Waals surface area contributed by atoms with Crippen molar-refractivity contribution in [3.05, 3.63) is 34.5 Å². The van der Waals surface area contributed by atoms with E-state index in [1.807, 2.05) is 0 Å². The van der Waals surface area contributed by atoms with Crippen LogP contribution in [-0.4, -0.2) is 22.2 Å². The number of benzene rings is 1. The van der Waals surface area contributed by atoms with Crippen LogP contribution >= 0.6 is 0 Å². The van der Waals surface area contributed by atoms with Crippen LogP contribution in [0.15, 0.2) is 23.0 Å². The minimum absolute atomic E-state index is 0.147. The molecular formula is C11H12FN3O. The molecule has 2 aromatic rings. The largest absolute Gasteiger partial charge is 0.329 e. The van der Waals surface area contributed by atoms with Gasteiger partial charge in [0.25, 0.3) is 0 Å². The number of imidazole rings is 1. The van der Waals surface area contributed by atoms with Gasteiger partial charge in [-0.05, 0) is 12.1 Å². The Kier molecular flexibility index (Phi) is 1.91. The number of nitrogens with one attached hydrogen (secondary N) is 1. The Morgan fingerprint density at radius 2 is 2.19 bits per heavy atom. The molecule has 1 aliphatic rings. The maximum atomic E-state index is 13.6. The van der Waals surface area contributed by atoms with Gasteiger partial charge < -0.3 is 5.32 Å². The van der Waals surface area contributed by atoms with Gasteiger partial charge in [0.1, 0.15) is 11.3 Å². The zero-order valence-corrected chi connectivity index (χ0v) is 8.90. The van der Waals surface area contributed by atoms with Crippen LogP contribution in [0.5, 0.6) is 0 Å². The van der Waals surface area contributed by atoms with Gasteiger partial charge in [0.05, 0.1) is 11.6 Å². The predicted octanol–water partition coefficient (Wildman–Crippen LogP) is 0.623. The first-order valence-corrected chi connectivity index (χ1v) is 5.26. The molecule has 16 heavy (non-hydrogen) atoms. The van der Waals surface area contributed by atoms with E-state index < -0.39 is 0 Å². The Hall–Kier alpha value is -1.62. The van der Waals surface area contributed by atoms with E-state index >= 15 is 0 Å². The van der Waals surface area contributed by atoms with Crippen molar-refractivity contribution in [1.82, 2.24) is 14.5 Å². The summed E-state index contributed by atoms with van der Waals surface area (Å²) in [5.74, 6) is -0.344. The van der Waals surface area contributed by atoms with Gasteiger partial charge in [0.2, 0.25) is 0 Å². The van der Waals surface area contributed by atoms with Crippen LogP contribution in [0.25, 0.3) is 11.0 Å². The molecular weight excluding hydrogens is 209 g/mol. The van der Waals surface area contributed by atoms with Gasteiger partial charge in [0.15, 0.2) is 0 Å². The first-order valence-electron chi connectivity index (χ1n) is 5.26. The van der Waals surface area contributed by atoms with Gasteiger partial charge in [0, 0.05) is 20.1 Å². The molecule has 0 radical (unpaired) electrons. The van der Waals surface area contributed by atoms with Crippen molar-refractivity contribution in [2.45, 2.75) is 6.04 Å². The van der Waals surface area contributed by atoms with E-state index in [0.717, 1.165) is 13.1 Å². The van der Waals surface area contributed by atoms with Crippen molar-refractivity contribution in [3.63, 3.8) is 0 Å². The van der Waals surface area contributed by atoms with E-state index in [9.17, 15) is 9.18 Å². The quantitative estimate of drug-likeness (QED) is 0.767. The summed E-state index contributed by atoms with van der Waals surface area (Å²) in [6.07, 6.45) is 0. The number of halogens is 1. The Bertz CT molecular complexity index is 609. The van der Waals surface area contributed by atoms with Crippen LogP contribution in [0, 0.1) is 5.82 Å². The molecule has 1 N–H and O–H groups in total. The second-order valence-electron chi connectivity index (χ2n) is 4.13. The van der Waals surface area contributed by atoms with Gasteiger partial charge >= 0.3 is 5.69 Å². The number of rotatable bonds is 1. The topological polar surface area (TPSA) is 39.0 Å². The molecule has 0 atom stereocenters.